The first-order valence-electron chi connectivity index (χ1n) is 13.2. The topological polar surface area (TPSA) is 104 Å². The molecule has 204 valence electrons. The molecule has 0 radical (unpaired) electrons. The molecule has 3 aromatic carbocycles. The lowest BCUT2D eigenvalue weighted by Crippen LogP contribution is -2.57. The van der Waals surface area contributed by atoms with Crippen molar-refractivity contribution < 1.29 is 24.3 Å². The van der Waals surface area contributed by atoms with E-state index in [4.69, 9.17) is 28.3 Å². The molecule has 4 aliphatic rings. The van der Waals surface area contributed by atoms with E-state index in [9.17, 15) is 19.2 Å². The van der Waals surface area contributed by atoms with Gasteiger partial charge in [0, 0.05) is 18.7 Å². The summed E-state index contributed by atoms with van der Waals surface area (Å²) in [6.45, 7) is 0.232. The molecule has 0 unspecified atom stereocenters. The number of carboxylic acids is 1. The lowest BCUT2D eigenvalue weighted by atomic mass is 9.54. The van der Waals surface area contributed by atoms with Crippen LogP contribution >= 0.6 is 23.2 Å². The van der Waals surface area contributed by atoms with E-state index < -0.39 is 27.6 Å². The zero-order valence-electron chi connectivity index (χ0n) is 21.4. The summed E-state index contributed by atoms with van der Waals surface area (Å²) in [7, 11) is 0. The Hall–Kier alpha value is -3.68. The second-order valence-corrected chi connectivity index (χ2v) is 11.7. The van der Waals surface area contributed by atoms with Gasteiger partial charge in [-0.3, -0.25) is 19.3 Å². The molecule has 3 aromatic rings. The molecule has 0 spiro atoms. The number of alkyl halides is 2. The number of hydrogen-bond donors (Lipinski definition) is 2. The molecular weight excluding hydrogens is 551 g/mol. The van der Waals surface area contributed by atoms with E-state index >= 15 is 0 Å². The van der Waals surface area contributed by atoms with Gasteiger partial charge >= 0.3 is 5.97 Å². The van der Waals surface area contributed by atoms with Gasteiger partial charge in [0.1, 0.15) is 9.75 Å². The number of carboxylic acid groups (broad SMARTS) is 1. The fourth-order valence-corrected chi connectivity index (χ4v) is 7.69. The maximum Gasteiger partial charge on any atom is 0.335 e. The van der Waals surface area contributed by atoms with Crippen LogP contribution in [0.2, 0.25) is 0 Å². The number of likely N-dealkylation sites (tertiary alicyclic amines) is 1. The van der Waals surface area contributed by atoms with E-state index in [0.717, 1.165) is 22.3 Å². The molecule has 3 amide bonds. The number of aromatic carboxylic acids is 1. The van der Waals surface area contributed by atoms with Gasteiger partial charge in [0.25, 0.3) is 0 Å². The van der Waals surface area contributed by atoms with Crippen molar-refractivity contribution in [2.45, 2.75) is 35.4 Å². The first kappa shape index (κ1) is 26.5. The number of carbonyl (C=O) groups excluding carboxylic acids is 3. The summed E-state index contributed by atoms with van der Waals surface area (Å²) in [5.74, 6) is -3.44. The lowest BCUT2D eigenvalue weighted by molar-refractivity contribution is -0.140. The van der Waals surface area contributed by atoms with Crippen LogP contribution in [0.3, 0.4) is 0 Å². The Morgan fingerprint density at radius 1 is 0.750 bits per heavy atom. The minimum atomic E-state index is -1.18. The van der Waals surface area contributed by atoms with Crippen molar-refractivity contribution in [3.05, 3.63) is 101 Å². The first-order valence-corrected chi connectivity index (χ1v) is 14.0. The zero-order valence-corrected chi connectivity index (χ0v) is 22.9. The second kappa shape index (κ2) is 9.75. The van der Waals surface area contributed by atoms with E-state index in [2.05, 4.69) is 5.32 Å². The minimum Gasteiger partial charge on any atom is -0.478 e. The molecule has 2 atom stereocenters. The Morgan fingerprint density at radius 2 is 1.23 bits per heavy atom. The van der Waals surface area contributed by atoms with E-state index in [1.165, 1.54) is 17.0 Å². The van der Waals surface area contributed by atoms with E-state index in [1.807, 2.05) is 48.5 Å². The number of nitrogens with one attached hydrogen (secondary N) is 1. The van der Waals surface area contributed by atoms with Gasteiger partial charge in [-0.1, -0.05) is 55.0 Å². The molecule has 1 saturated heterocycles. The normalized spacial score (nSPS) is 25.8. The molecule has 2 N–H and O–H groups in total. The van der Waals surface area contributed by atoms with Gasteiger partial charge in [-0.25, -0.2) is 4.79 Å². The molecule has 3 aliphatic carbocycles. The Bertz CT molecular complexity index is 1430. The molecule has 7 nitrogen and oxygen atoms in total. The number of unbranched alkanes of at least 4 members (excludes halogenated alkanes) is 2. The molecule has 1 heterocycles. The fourth-order valence-electron chi connectivity index (χ4n) is 6.60. The van der Waals surface area contributed by atoms with Crippen LogP contribution in [0, 0.1) is 11.8 Å². The third kappa shape index (κ3) is 3.79. The number of benzene rings is 3. The standard InChI is InChI=1S/C31H26Cl2N2O5/c32-30-20-8-3-4-9-21(20)31(33,23-11-6-5-10-22(23)30)26-25(30)27(37)35(28(26)38)17-7-1-2-12-24(36)34-19-15-13-18(14-16-19)29(39)40/h3-6,8-11,13-16,25-26H,1-2,7,12,17H2,(H,34,36)(H,39,40)/t25-,26+,30?,31?. The maximum atomic E-state index is 13.8. The molecule has 9 heteroatoms. The van der Waals surface area contributed by atoms with Crippen molar-refractivity contribution in [2.75, 3.05) is 11.9 Å². The van der Waals surface area contributed by atoms with Crippen molar-refractivity contribution in [1.29, 1.82) is 0 Å². The predicted octanol–water partition coefficient (Wildman–Crippen LogP) is 5.48. The average Bonchev–Trinajstić information content (AvgIpc) is 3.22. The van der Waals surface area contributed by atoms with Crippen LogP contribution in [-0.4, -0.2) is 40.2 Å². The Morgan fingerprint density at radius 3 is 1.68 bits per heavy atom. The van der Waals surface area contributed by atoms with Crippen LogP contribution < -0.4 is 5.32 Å². The van der Waals surface area contributed by atoms with Gasteiger partial charge in [0.05, 0.1) is 17.4 Å². The number of amides is 3. The summed E-state index contributed by atoms with van der Waals surface area (Å²) in [6, 6.07) is 21.1. The number of hydrogen-bond acceptors (Lipinski definition) is 4. The van der Waals surface area contributed by atoms with Crippen molar-refractivity contribution in [1.82, 2.24) is 4.90 Å². The van der Waals surface area contributed by atoms with E-state index in [0.29, 0.717) is 24.9 Å². The third-order valence-electron chi connectivity index (χ3n) is 8.38. The Balaban J connectivity index is 1.12. The van der Waals surface area contributed by atoms with Crippen molar-refractivity contribution in [3.8, 4) is 0 Å². The summed E-state index contributed by atoms with van der Waals surface area (Å²) < 4.78 is 0. The molecule has 0 aromatic heterocycles. The Labute approximate surface area is 241 Å². The van der Waals surface area contributed by atoms with Crippen molar-refractivity contribution in [3.63, 3.8) is 0 Å². The van der Waals surface area contributed by atoms with Gasteiger partial charge in [-0.2, -0.15) is 0 Å². The first-order chi connectivity index (χ1) is 19.2. The van der Waals surface area contributed by atoms with Gasteiger partial charge in [0.15, 0.2) is 0 Å². The monoisotopic (exact) mass is 576 g/mol. The number of imide groups is 1. The van der Waals surface area contributed by atoms with Crippen molar-refractivity contribution in [2.24, 2.45) is 11.8 Å². The highest BCUT2D eigenvalue weighted by molar-refractivity contribution is 6.36. The summed E-state index contributed by atoms with van der Waals surface area (Å²) in [6.07, 6.45) is 2.00. The molecule has 1 aliphatic heterocycles. The highest BCUT2D eigenvalue weighted by atomic mass is 35.5. The average molecular weight is 577 g/mol. The molecule has 2 bridgehead atoms. The van der Waals surface area contributed by atoms with Crippen molar-refractivity contribution >= 4 is 52.6 Å². The number of nitrogens with zero attached hydrogens (tertiary/aromatic N) is 1. The summed E-state index contributed by atoms with van der Waals surface area (Å²) in [4.78, 5) is 49.8. The molecule has 7 rings (SSSR count). The van der Waals surface area contributed by atoms with Crippen LogP contribution in [0.15, 0.2) is 72.8 Å². The van der Waals surface area contributed by atoms with Gasteiger partial charge in [-0.05, 0) is 59.4 Å². The number of carbonyl (C=O) groups is 4. The van der Waals surface area contributed by atoms with Crippen LogP contribution in [0.5, 0.6) is 0 Å². The van der Waals surface area contributed by atoms with Crippen LogP contribution in [0.4, 0.5) is 5.69 Å². The SMILES string of the molecule is O=C(CCCCCN1C(=O)[C@@H]2[C@H](C1=O)C1(Cl)c3ccccc3C2(Cl)c2ccccc21)Nc1ccc(C(=O)O)cc1. The van der Waals surface area contributed by atoms with Crippen LogP contribution in [0.1, 0.15) is 58.3 Å². The highest BCUT2D eigenvalue weighted by Gasteiger charge is 2.72. The van der Waals surface area contributed by atoms with Gasteiger partial charge in [0.2, 0.25) is 17.7 Å². The smallest absolute Gasteiger partial charge is 0.335 e. The summed E-state index contributed by atoms with van der Waals surface area (Å²) in [5, 5.41) is 11.7. The largest absolute Gasteiger partial charge is 0.478 e. The van der Waals surface area contributed by atoms with Crippen LogP contribution in [-0.2, 0) is 24.1 Å². The maximum absolute atomic E-state index is 13.8. The van der Waals surface area contributed by atoms with E-state index in [1.54, 1.807) is 12.1 Å². The summed E-state index contributed by atoms with van der Waals surface area (Å²) >= 11 is 14.8. The molecular formula is C31H26Cl2N2O5. The van der Waals surface area contributed by atoms with Crippen LogP contribution in [0.25, 0.3) is 0 Å². The molecule has 0 saturated carbocycles. The number of anilines is 1. The molecule has 1 fully saturated rings. The summed E-state index contributed by atoms with van der Waals surface area (Å²) in [5.41, 5.74) is 3.77. The second-order valence-electron chi connectivity index (χ2n) is 10.5. The number of rotatable bonds is 8. The lowest BCUT2D eigenvalue weighted by Gasteiger charge is -2.54. The highest BCUT2D eigenvalue weighted by Crippen LogP contribution is 2.69. The number of halogens is 2. The van der Waals surface area contributed by atoms with Gasteiger partial charge < -0.3 is 10.4 Å². The third-order valence-corrected chi connectivity index (χ3v) is 9.66. The minimum absolute atomic E-state index is 0.143. The molecule has 40 heavy (non-hydrogen) atoms. The predicted molar refractivity (Wildman–Crippen MR) is 150 cm³/mol. The van der Waals surface area contributed by atoms with Gasteiger partial charge in [-0.15, -0.1) is 23.2 Å². The Kier molecular flexibility index (Phi) is 6.47. The zero-order chi connectivity index (χ0) is 28.2. The quantitative estimate of drug-likeness (QED) is 0.210. The van der Waals surface area contributed by atoms with E-state index in [-0.39, 0.29) is 36.3 Å². The fraction of sp³-hybridized carbons (Fsp3) is 0.290.